The second-order valence-electron chi connectivity index (χ2n) is 9.89. The Morgan fingerprint density at radius 2 is 1.56 bits per heavy atom. The molecule has 1 unspecified atom stereocenters. The molecule has 1 heterocycles. The Bertz CT molecular complexity index is 1000. The quantitative estimate of drug-likeness (QED) is 0.0801. The summed E-state index contributed by atoms with van der Waals surface area (Å²) >= 11 is 11.2. The van der Waals surface area contributed by atoms with Crippen LogP contribution in [0.15, 0.2) is 42.5 Å². The molecule has 0 fully saturated rings. The number of benzene rings is 2. The summed E-state index contributed by atoms with van der Waals surface area (Å²) in [4.78, 5) is 19.6. The third kappa shape index (κ3) is 16.4. The molecule has 0 aliphatic carbocycles. The molecule has 0 radical (unpaired) electrons. The van der Waals surface area contributed by atoms with E-state index in [1.165, 1.54) is 22.4 Å². The van der Waals surface area contributed by atoms with E-state index in [-0.39, 0.29) is 78.2 Å². The second kappa shape index (κ2) is 26.0. The monoisotopic (exact) mass is 865 g/mol. The first-order chi connectivity index (χ1) is 18.9. The topological polar surface area (TPSA) is 78.9 Å². The number of unbranched alkanes of at least 4 members (excludes halogenated alkanes) is 7. The number of anilines is 1. The van der Waals surface area contributed by atoms with Gasteiger partial charge in [0, 0.05) is 36.9 Å². The summed E-state index contributed by atoms with van der Waals surface area (Å²) in [5, 5.41) is 21.7. The van der Waals surface area contributed by atoms with Crippen molar-refractivity contribution < 1.29 is 88.6 Å². The van der Waals surface area contributed by atoms with Crippen molar-refractivity contribution >= 4 is 63.2 Å². The standard InChI is InChI=1S/C29H41ClN2O4.2HI.2Na.V/c1-31-22-23-21-24(30)16-17-25(23)29(26-13-8-9-14-27(26)31)32(18-10-4-2-6-12-20-36-35)19-11-5-3-7-15-28(33)34;;;;;/h8-9,13-14,16-17,21,29,35H,2-7,10-12,15,18-20,22H2,1H3,(H,33,34);2*1H;;;/q;;;2*+1;+2/p-4. The van der Waals surface area contributed by atoms with Gasteiger partial charge < -0.3 is 24.9 Å². The summed E-state index contributed by atoms with van der Waals surface area (Å²) < 4.78 is 0. The largest absolute Gasteiger partial charge is 1.00 e. The van der Waals surface area contributed by atoms with E-state index in [9.17, 15) is 15.2 Å². The molecule has 12 heteroatoms. The van der Waals surface area contributed by atoms with Gasteiger partial charge in [0.05, 0.1) is 6.04 Å². The van der Waals surface area contributed by atoms with Crippen molar-refractivity contribution in [2.45, 2.75) is 76.8 Å². The molecule has 217 valence electrons. The number of halogens is 3. The van der Waals surface area contributed by atoms with Crippen molar-refractivity contribution in [2.24, 2.45) is 0 Å². The molecule has 0 saturated heterocycles. The van der Waals surface area contributed by atoms with Gasteiger partial charge >= 0.3 is 109 Å². The van der Waals surface area contributed by atoms with Crippen molar-refractivity contribution in [3.8, 4) is 0 Å². The predicted octanol–water partition coefficient (Wildman–Crippen LogP) is 0.401. The smallest absolute Gasteiger partial charge is 1.00 e. The number of para-hydroxylation sites is 1. The molecule has 41 heavy (non-hydrogen) atoms. The van der Waals surface area contributed by atoms with Crippen LogP contribution < -0.4 is 74.4 Å². The first-order valence-electron chi connectivity index (χ1n) is 13.6. The minimum Gasteiger partial charge on any atom is 1.00 e. The Morgan fingerprint density at radius 1 is 0.976 bits per heavy atom. The van der Waals surface area contributed by atoms with Gasteiger partial charge in [0.2, 0.25) is 0 Å². The number of carbonyl (C=O) groups is 1. The number of aliphatic carboxylic acids is 1. The molecule has 2 aromatic rings. The number of hydrogen-bond acceptors (Lipinski definition) is 6. The van der Waals surface area contributed by atoms with E-state index < -0.39 is 5.97 Å². The van der Waals surface area contributed by atoms with Gasteiger partial charge in [0.1, 0.15) is 0 Å². The van der Waals surface area contributed by atoms with E-state index in [1.807, 2.05) is 6.07 Å². The zero-order valence-corrected chi connectivity index (χ0v) is 35.1. The van der Waals surface area contributed by atoms with Crippen molar-refractivity contribution in [1.82, 2.24) is 4.90 Å². The summed E-state index contributed by atoms with van der Waals surface area (Å²) in [6.07, 6.45) is 8.85. The Labute approximate surface area is 324 Å². The van der Waals surface area contributed by atoms with E-state index in [1.54, 1.807) is 0 Å². The molecule has 0 bridgehead atoms. The molecular weight excluding hydrogens is 827 g/mol. The molecule has 0 aromatic heterocycles. The minimum absolute atomic E-state index is 0. The first-order valence-corrected chi connectivity index (χ1v) is 23.0. The molecule has 0 amide bonds. The van der Waals surface area contributed by atoms with Crippen LogP contribution in [0.1, 0.15) is 86.9 Å². The number of carbonyl (C=O) groups excluding carboxylic acids is 1. The summed E-state index contributed by atoms with van der Waals surface area (Å²) in [5.74, 6) is -0.965. The van der Waals surface area contributed by atoms with Crippen LogP contribution in [0.4, 0.5) is 5.69 Å². The number of hydrogen-bond donors (Lipinski definition) is 0. The van der Waals surface area contributed by atoms with Crippen LogP contribution in [0.2, 0.25) is 5.02 Å². The van der Waals surface area contributed by atoms with Gasteiger partial charge in [-0.3, -0.25) is 4.90 Å². The molecule has 0 N–H and O–H groups in total. The number of nitrogens with zero attached hydrogens (tertiary/aromatic N) is 2. The molecule has 3 rings (SSSR count). The maximum atomic E-state index is 10.7. The normalized spacial score (nSPS) is 13.5. The maximum Gasteiger partial charge on any atom is 1.00 e. The van der Waals surface area contributed by atoms with E-state index in [2.05, 4.69) is 98.1 Å². The predicted molar refractivity (Wildman–Crippen MR) is 169 cm³/mol. The van der Waals surface area contributed by atoms with Crippen LogP contribution in [0.25, 0.3) is 0 Å². The summed E-state index contributed by atoms with van der Waals surface area (Å²) in [6, 6.07) is 15.1. The Morgan fingerprint density at radius 3 is 2.20 bits per heavy atom. The fraction of sp³-hybridized carbons (Fsp3) is 0.552. The Hall–Kier alpha value is 1.92. The average Bonchev–Trinajstić information content (AvgIpc) is 3.03. The zero-order chi connectivity index (χ0) is 28.5. The molecule has 0 saturated carbocycles. The van der Waals surface area contributed by atoms with Crippen molar-refractivity contribution in [3.05, 3.63) is 64.2 Å². The van der Waals surface area contributed by atoms with Crippen LogP contribution >= 0.6 is 51.6 Å². The summed E-state index contributed by atoms with van der Waals surface area (Å²) in [5.41, 5.74) is 5.11. The summed E-state index contributed by atoms with van der Waals surface area (Å²) in [7, 11) is 2.77. The van der Waals surface area contributed by atoms with Crippen LogP contribution in [0.5, 0.6) is 0 Å². The van der Waals surface area contributed by atoms with Gasteiger partial charge in [-0.25, -0.2) is 0 Å². The van der Waals surface area contributed by atoms with Crippen LogP contribution in [-0.2, 0) is 25.7 Å². The average molecular weight is 866 g/mol. The number of fused-ring (bicyclic) bond motifs is 2. The van der Waals surface area contributed by atoms with E-state index >= 15 is 0 Å². The van der Waals surface area contributed by atoms with Crippen molar-refractivity contribution in [1.29, 1.82) is 0 Å². The first kappa shape index (κ1) is 42.9. The molecule has 2 aromatic carbocycles. The van der Waals surface area contributed by atoms with E-state index in [0.717, 1.165) is 76.0 Å². The van der Waals surface area contributed by atoms with Crippen molar-refractivity contribution in [3.63, 3.8) is 0 Å². The van der Waals surface area contributed by atoms with Gasteiger partial charge in [0.25, 0.3) is 0 Å². The number of rotatable bonds is 16. The van der Waals surface area contributed by atoms with Crippen LogP contribution in [0, 0.1) is 0 Å². The molecule has 0 spiro atoms. The fourth-order valence-electron chi connectivity index (χ4n) is 5.26. The van der Waals surface area contributed by atoms with Gasteiger partial charge in [-0.2, -0.15) is 0 Å². The molecule has 1 aliphatic rings. The molecule has 1 atom stereocenters. The molecule has 6 nitrogen and oxygen atoms in total. The summed E-state index contributed by atoms with van der Waals surface area (Å²) in [6.45, 7) is 3.01. The molecular formula is C29H39ClI2N2Na2O4V. The number of carboxylic acids is 1. The Balaban J connectivity index is 0.00000306. The minimum atomic E-state index is -0.965. The van der Waals surface area contributed by atoms with E-state index in [4.69, 9.17) is 11.6 Å². The van der Waals surface area contributed by atoms with E-state index in [0.29, 0.717) is 15.9 Å². The van der Waals surface area contributed by atoms with Gasteiger partial charge in [-0.1, -0.05) is 68.0 Å². The zero-order valence-electron chi connectivity index (χ0n) is 24.6. The van der Waals surface area contributed by atoms with Gasteiger partial charge in [0.15, 0.2) is 0 Å². The van der Waals surface area contributed by atoms with Crippen LogP contribution in [-0.4, -0.2) is 37.6 Å². The number of carboxylic acid groups (broad SMARTS) is 1. The van der Waals surface area contributed by atoms with Gasteiger partial charge in [-0.15, -0.1) is 0 Å². The van der Waals surface area contributed by atoms with Gasteiger partial charge in [-0.05, 0) is 80.1 Å². The fourth-order valence-corrected chi connectivity index (χ4v) is 5.45. The maximum absolute atomic E-state index is 10.7. The SMILES string of the molecule is CN1Cc2cc(Cl)ccc2C(N(CCCCCCCO[O-])CCCCCCC(=O)[O-])c2ccccc21.[I][V][I].[Na+].[Na+]. The Kier molecular flexibility index (Phi) is 27.3. The van der Waals surface area contributed by atoms with Crippen LogP contribution in [0.3, 0.4) is 0 Å². The van der Waals surface area contributed by atoms with Crippen molar-refractivity contribution in [2.75, 3.05) is 31.6 Å². The second-order valence-corrected chi connectivity index (χ2v) is 22.1. The molecule has 1 aliphatic heterocycles. The third-order valence-corrected chi connectivity index (χ3v) is 7.30. The third-order valence-electron chi connectivity index (χ3n) is 7.06.